The van der Waals surface area contributed by atoms with Crippen LogP contribution in [0.25, 0.3) is 11.4 Å². The summed E-state index contributed by atoms with van der Waals surface area (Å²) < 4.78 is 18.1. The first kappa shape index (κ1) is 23.8. The van der Waals surface area contributed by atoms with Crippen molar-refractivity contribution in [2.75, 3.05) is 26.2 Å². The molecular weight excluding hydrogens is 435 g/mol. The SMILES string of the molecule is Cc1nc(-c2cccc(C(=O)NCCCCN3CCC(C(=O)c4ccc(F)cc4)CC3)c2)no1. The van der Waals surface area contributed by atoms with Crippen LogP contribution in [0, 0.1) is 18.7 Å². The Morgan fingerprint density at radius 3 is 2.56 bits per heavy atom. The van der Waals surface area contributed by atoms with E-state index in [9.17, 15) is 14.0 Å². The number of aryl methyl sites for hydroxylation is 1. The summed E-state index contributed by atoms with van der Waals surface area (Å²) in [5.74, 6) is 0.620. The van der Waals surface area contributed by atoms with Crippen LogP contribution < -0.4 is 5.32 Å². The highest BCUT2D eigenvalue weighted by molar-refractivity contribution is 5.98. The number of benzene rings is 2. The highest BCUT2D eigenvalue weighted by atomic mass is 19.1. The molecule has 1 aliphatic heterocycles. The number of piperidine rings is 1. The summed E-state index contributed by atoms with van der Waals surface area (Å²) >= 11 is 0. The predicted octanol–water partition coefficient (Wildman–Crippen LogP) is 4.29. The first-order valence-corrected chi connectivity index (χ1v) is 11.7. The summed E-state index contributed by atoms with van der Waals surface area (Å²) in [5.41, 5.74) is 1.90. The molecule has 1 amide bonds. The van der Waals surface area contributed by atoms with Crippen molar-refractivity contribution < 1.29 is 18.5 Å². The van der Waals surface area contributed by atoms with Gasteiger partial charge in [-0.05, 0) is 81.7 Å². The van der Waals surface area contributed by atoms with Gasteiger partial charge in [0.2, 0.25) is 11.7 Å². The van der Waals surface area contributed by atoms with Gasteiger partial charge in [-0.2, -0.15) is 4.98 Å². The van der Waals surface area contributed by atoms with Gasteiger partial charge in [0, 0.05) is 36.1 Å². The smallest absolute Gasteiger partial charge is 0.251 e. The molecule has 2 aromatic carbocycles. The minimum absolute atomic E-state index is 0.00753. The molecule has 3 aromatic rings. The van der Waals surface area contributed by atoms with Gasteiger partial charge in [-0.1, -0.05) is 17.3 Å². The summed E-state index contributed by atoms with van der Waals surface area (Å²) in [4.78, 5) is 31.7. The number of halogens is 1. The summed E-state index contributed by atoms with van der Waals surface area (Å²) in [6.07, 6.45) is 3.50. The van der Waals surface area contributed by atoms with E-state index in [1.165, 1.54) is 12.1 Å². The molecule has 0 aliphatic carbocycles. The van der Waals surface area contributed by atoms with Gasteiger partial charge < -0.3 is 14.7 Å². The normalized spacial score (nSPS) is 14.8. The number of carbonyl (C=O) groups is 2. The molecule has 8 heteroatoms. The number of ketones is 1. The van der Waals surface area contributed by atoms with Crippen molar-refractivity contribution >= 4 is 11.7 Å². The first-order chi connectivity index (χ1) is 16.5. The van der Waals surface area contributed by atoms with Crippen molar-refractivity contribution in [3.63, 3.8) is 0 Å². The Labute approximate surface area is 198 Å². The molecule has 0 spiro atoms. The molecule has 2 heterocycles. The lowest BCUT2D eigenvalue weighted by atomic mass is 9.89. The van der Waals surface area contributed by atoms with Gasteiger partial charge in [0.1, 0.15) is 5.82 Å². The van der Waals surface area contributed by atoms with Gasteiger partial charge in [0.25, 0.3) is 5.91 Å². The summed E-state index contributed by atoms with van der Waals surface area (Å²) in [6.45, 7) is 5.03. The van der Waals surface area contributed by atoms with Crippen LogP contribution in [0.2, 0.25) is 0 Å². The zero-order valence-corrected chi connectivity index (χ0v) is 19.3. The van der Waals surface area contributed by atoms with Crippen molar-refractivity contribution in [3.05, 3.63) is 71.4 Å². The van der Waals surface area contributed by atoms with E-state index in [1.54, 1.807) is 37.3 Å². The molecule has 1 fully saturated rings. The number of hydrogen-bond donors (Lipinski definition) is 1. The van der Waals surface area contributed by atoms with Crippen LogP contribution in [0.5, 0.6) is 0 Å². The molecule has 0 saturated carbocycles. The molecule has 1 aliphatic rings. The Bertz CT molecular complexity index is 1120. The number of amides is 1. The Kier molecular flexibility index (Phi) is 7.80. The van der Waals surface area contributed by atoms with Crippen molar-refractivity contribution in [2.45, 2.75) is 32.6 Å². The standard InChI is InChI=1S/C26H29FN4O3/c1-18-29-25(30-34-18)21-5-4-6-22(17-21)26(33)28-13-2-3-14-31-15-11-20(12-16-31)24(32)19-7-9-23(27)10-8-19/h4-10,17,20H,2-3,11-16H2,1H3,(H,28,33). The summed E-state index contributed by atoms with van der Waals surface area (Å²) in [6, 6.07) is 13.0. The number of nitrogens with one attached hydrogen (secondary N) is 1. The third kappa shape index (κ3) is 6.14. The first-order valence-electron chi connectivity index (χ1n) is 11.7. The fourth-order valence-corrected chi connectivity index (χ4v) is 4.25. The van der Waals surface area contributed by atoms with Crippen molar-refractivity contribution in [1.29, 1.82) is 0 Å². The van der Waals surface area contributed by atoms with E-state index in [0.29, 0.717) is 29.4 Å². The molecule has 4 rings (SSSR count). The number of hydrogen-bond acceptors (Lipinski definition) is 6. The van der Waals surface area contributed by atoms with Crippen LogP contribution in [0.15, 0.2) is 53.1 Å². The van der Waals surface area contributed by atoms with Crippen molar-refractivity contribution in [2.24, 2.45) is 5.92 Å². The number of rotatable bonds is 9. The third-order valence-electron chi connectivity index (χ3n) is 6.18. The minimum atomic E-state index is -0.324. The lowest BCUT2D eigenvalue weighted by Crippen LogP contribution is -2.37. The maximum atomic E-state index is 13.1. The van der Waals surface area contributed by atoms with E-state index in [1.807, 2.05) is 6.07 Å². The van der Waals surface area contributed by atoms with Gasteiger partial charge in [0.05, 0.1) is 0 Å². The van der Waals surface area contributed by atoms with E-state index in [4.69, 9.17) is 4.52 Å². The molecule has 34 heavy (non-hydrogen) atoms. The number of likely N-dealkylation sites (tertiary alicyclic amines) is 1. The fraction of sp³-hybridized carbons (Fsp3) is 0.385. The molecule has 0 unspecified atom stereocenters. The largest absolute Gasteiger partial charge is 0.352 e. The van der Waals surface area contributed by atoms with Gasteiger partial charge in [-0.25, -0.2) is 4.39 Å². The van der Waals surface area contributed by atoms with E-state index >= 15 is 0 Å². The second-order valence-electron chi connectivity index (χ2n) is 8.67. The number of nitrogens with zero attached hydrogens (tertiary/aromatic N) is 3. The van der Waals surface area contributed by atoms with Gasteiger partial charge >= 0.3 is 0 Å². The van der Waals surface area contributed by atoms with Crippen LogP contribution in [0.4, 0.5) is 4.39 Å². The van der Waals surface area contributed by atoms with E-state index < -0.39 is 0 Å². The minimum Gasteiger partial charge on any atom is -0.352 e. The van der Waals surface area contributed by atoms with Crippen LogP contribution in [0.1, 0.15) is 52.3 Å². The Hall–Kier alpha value is -3.39. The van der Waals surface area contributed by atoms with E-state index in [-0.39, 0.29) is 23.4 Å². The van der Waals surface area contributed by atoms with E-state index in [0.717, 1.165) is 50.9 Å². The average molecular weight is 465 g/mol. The number of unbranched alkanes of at least 4 members (excludes halogenated alkanes) is 1. The van der Waals surface area contributed by atoms with Crippen LogP contribution >= 0.6 is 0 Å². The molecular formula is C26H29FN4O3. The van der Waals surface area contributed by atoms with Crippen LogP contribution in [-0.4, -0.2) is 52.9 Å². The molecule has 0 radical (unpaired) electrons. The van der Waals surface area contributed by atoms with E-state index in [2.05, 4.69) is 20.4 Å². The highest BCUT2D eigenvalue weighted by Crippen LogP contribution is 2.22. The zero-order chi connectivity index (χ0) is 23.9. The Morgan fingerprint density at radius 2 is 1.85 bits per heavy atom. The molecule has 0 bridgehead atoms. The maximum absolute atomic E-state index is 13.1. The van der Waals surface area contributed by atoms with Gasteiger partial charge in [-0.3, -0.25) is 9.59 Å². The van der Waals surface area contributed by atoms with Crippen LogP contribution in [0.3, 0.4) is 0 Å². The highest BCUT2D eigenvalue weighted by Gasteiger charge is 2.25. The quantitative estimate of drug-likeness (QED) is 0.375. The second kappa shape index (κ2) is 11.2. The van der Waals surface area contributed by atoms with Gasteiger partial charge in [0.15, 0.2) is 5.78 Å². The predicted molar refractivity (Wildman–Crippen MR) is 126 cm³/mol. The number of aromatic nitrogens is 2. The number of Topliss-reactive ketones (excluding diaryl/α,β-unsaturated/α-hetero) is 1. The van der Waals surface area contributed by atoms with Crippen molar-refractivity contribution in [3.8, 4) is 11.4 Å². The zero-order valence-electron chi connectivity index (χ0n) is 19.3. The van der Waals surface area contributed by atoms with Crippen LogP contribution in [-0.2, 0) is 0 Å². The monoisotopic (exact) mass is 464 g/mol. The molecule has 0 atom stereocenters. The Morgan fingerprint density at radius 1 is 1.09 bits per heavy atom. The summed E-state index contributed by atoms with van der Waals surface area (Å²) in [5, 5.41) is 6.87. The molecule has 178 valence electrons. The second-order valence-corrected chi connectivity index (χ2v) is 8.67. The molecule has 1 N–H and O–H groups in total. The average Bonchev–Trinajstić information content (AvgIpc) is 3.30. The Balaban J connectivity index is 1.14. The van der Waals surface area contributed by atoms with Gasteiger partial charge in [-0.15, -0.1) is 0 Å². The topological polar surface area (TPSA) is 88.3 Å². The third-order valence-corrected chi connectivity index (χ3v) is 6.18. The fourth-order valence-electron chi connectivity index (χ4n) is 4.25. The molecule has 1 saturated heterocycles. The van der Waals surface area contributed by atoms with Crippen molar-refractivity contribution in [1.82, 2.24) is 20.4 Å². The molecule has 7 nitrogen and oxygen atoms in total. The summed E-state index contributed by atoms with van der Waals surface area (Å²) in [7, 11) is 0. The maximum Gasteiger partial charge on any atom is 0.251 e. The molecule has 1 aromatic heterocycles. The lowest BCUT2D eigenvalue weighted by Gasteiger charge is -2.31. The number of carbonyl (C=O) groups excluding carboxylic acids is 2. The lowest BCUT2D eigenvalue weighted by molar-refractivity contribution is 0.0839.